The lowest BCUT2D eigenvalue weighted by molar-refractivity contribution is 0.442. The van der Waals surface area contributed by atoms with E-state index in [9.17, 15) is 5.11 Å². The summed E-state index contributed by atoms with van der Waals surface area (Å²) < 4.78 is 1.64. The number of rotatable bonds is 1. The van der Waals surface area contributed by atoms with Crippen LogP contribution in [0.15, 0.2) is 36.4 Å². The first-order valence-corrected chi connectivity index (χ1v) is 7.09. The summed E-state index contributed by atoms with van der Waals surface area (Å²) in [7, 11) is 0. The van der Waals surface area contributed by atoms with E-state index in [0.29, 0.717) is 16.2 Å². The first kappa shape index (κ1) is 13.9. The fraction of sp³-hybridized carbons (Fsp3) is 0.250. The first-order chi connectivity index (χ1) is 9.88. The summed E-state index contributed by atoms with van der Waals surface area (Å²) in [5, 5.41) is 19.5. The Morgan fingerprint density at radius 3 is 2.62 bits per heavy atom. The summed E-state index contributed by atoms with van der Waals surface area (Å²) in [5.41, 5.74) is 2.84. The molecule has 2 aromatic carbocycles. The van der Waals surface area contributed by atoms with Crippen LogP contribution < -0.4 is 0 Å². The fourth-order valence-electron chi connectivity index (χ4n) is 2.38. The molecule has 1 aromatic heterocycles. The quantitative estimate of drug-likeness (QED) is 0.737. The Hall–Kier alpha value is -2.07. The number of aromatic hydroxyl groups is 1. The van der Waals surface area contributed by atoms with Gasteiger partial charge in [-0.3, -0.25) is 0 Å². The molecule has 0 amide bonds. The topological polar surface area (TPSA) is 50.9 Å². The lowest BCUT2D eigenvalue weighted by Gasteiger charge is -2.21. The molecule has 0 atom stereocenters. The van der Waals surface area contributed by atoms with Crippen molar-refractivity contribution in [1.29, 1.82) is 0 Å². The number of phenols is 1. The van der Waals surface area contributed by atoms with Crippen LogP contribution in [-0.2, 0) is 5.41 Å². The van der Waals surface area contributed by atoms with Crippen LogP contribution in [0.4, 0.5) is 0 Å². The van der Waals surface area contributed by atoms with Gasteiger partial charge in [-0.25, -0.2) is 4.68 Å². The lowest BCUT2D eigenvalue weighted by atomic mass is 9.86. The van der Waals surface area contributed by atoms with Crippen LogP contribution in [0.1, 0.15) is 26.3 Å². The van der Waals surface area contributed by atoms with Crippen molar-refractivity contribution in [2.45, 2.75) is 26.2 Å². The molecular formula is C16H16ClN3O. The Balaban J connectivity index is 2.24. The maximum absolute atomic E-state index is 10.6. The summed E-state index contributed by atoms with van der Waals surface area (Å²) in [6.07, 6.45) is 0. The number of benzene rings is 2. The van der Waals surface area contributed by atoms with Crippen molar-refractivity contribution in [1.82, 2.24) is 15.0 Å². The van der Waals surface area contributed by atoms with Crippen molar-refractivity contribution in [3.8, 4) is 11.4 Å². The molecule has 21 heavy (non-hydrogen) atoms. The van der Waals surface area contributed by atoms with Gasteiger partial charge in [-0.05, 0) is 29.7 Å². The van der Waals surface area contributed by atoms with Gasteiger partial charge in [0, 0.05) is 10.6 Å². The molecule has 1 N–H and O–H groups in total. The molecule has 0 radical (unpaired) electrons. The molecule has 0 aliphatic carbocycles. The van der Waals surface area contributed by atoms with E-state index in [1.807, 2.05) is 24.3 Å². The minimum atomic E-state index is -0.153. The van der Waals surface area contributed by atoms with Gasteiger partial charge in [0.1, 0.15) is 17.0 Å². The van der Waals surface area contributed by atoms with E-state index in [-0.39, 0.29) is 11.2 Å². The van der Waals surface area contributed by atoms with E-state index in [0.717, 1.165) is 11.1 Å². The number of hydrogen-bond donors (Lipinski definition) is 1. The molecule has 0 aliphatic rings. The Kier molecular flexibility index (Phi) is 3.14. The van der Waals surface area contributed by atoms with E-state index >= 15 is 0 Å². The van der Waals surface area contributed by atoms with Gasteiger partial charge >= 0.3 is 0 Å². The number of phenolic OH excluding ortho intramolecular Hbond substituents is 1. The Labute approximate surface area is 128 Å². The maximum atomic E-state index is 10.6. The van der Waals surface area contributed by atoms with Crippen molar-refractivity contribution in [2.75, 3.05) is 0 Å². The Morgan fingerprint density at radius 2 is 1.90 bits per heavy atom. The number of para-hydroxylation sites is 1. The standard InChI is InChI=1S/C16H16ClN3O/c1-16(2,3)11-5-4-6-14(15(11)21)20-13-8-7-10(17)9-12(13)18-19-20/h4-9,21H,1-3H3. The van der Waals surface area contributed by atoms with E-state index in [1.165, 1.54) is 0 Å². The summed E-state index contributed by atoms with van der Waals surface area (Å²) in [6.45, 7) is 6.18. The minimum Gasteiger partial charge on any atom is -0.505 e. The van der Waals surface area contributed by atoms with E-state index < -0.39 is 0 Å². The van der Waals surface area contributed by atoms with Gasteiger partial charge in [0.2, 0.25) is 0 Å². The molecule has 0 unspecified atom stereocenters. The second-order valence-electron chi connectivity index (χ2n) is 6.06. The predicted octanol–water partition coefficient (Wildman–Crippen LogP) is 4.08. The van der Waals surface area contributed by atoms with Crippen LogP contribution in [0, 0.1) is 0 Å². The average Bonchev–Trinajstić information content (AvgIpc) is 2.80. The van der Waals surface area contributed by atoms with Gasteiger partial charge in [0.05, 0.1) is 5.52 Å². The third kappa shape index (κ3) is 2.36. The second-order valence-corrected chi connectivity index (χ2v) is 6.49. The molecule has 5 heteroatoms. The van der Waals surface area contributed by atoms with Gasteiger partial charge in [-0.15, -0.1) is 5.10 Å². The van der Waals surface area contributed by atoms with Crippen molar-refractivity contribution in [3.05, 3.63) is 47.0 Å². The molecule has 3 rings (SSSR count). The van der Waals surface area contributed by atoms with Crippen molar-refractivity contribution in [2.24, 2.45) is 0 Å². The largest absolute Gasteiger partial charge is 0.505 e. The van der Waals surface area contributed by atoms with Crippen LogP contribution in [0.2, 0.25) is 5.02 Å². The van der Waals surface area contributed by atoms with Gasteiger partial charge in [0.15, 0.2) is 0 Å². The van der Waals surface area contributed by atoms with E-state index in [2.05, 4.69) is 31.1 Å². The van der Waals surface area contributed by atoms with Crippen LogP contribution >= 0.6 is 11.6 Å². The monoisotopic (exact) mass is 301 g/mol. The molecule has 0 spiro atoms. The predicted molar refractivity (Wildman–Crippen MR) is 84.2 cm³/mol. The molecule has 1 heterocycles. The van der Waals surface area contributed by atoms with Gasteiger partial charge in [-0.1, -0.05) is 49.7 Å². The Bertz CT molecular complexity index is 818. The molecule has 0 bridgehead atoms. The molecule has 4 nitrogen and oxygen atoms in total. The summed E-state index contributed by atoms with van der Waals surface area (Å²) in [5.74, 6) is 0.228. The summed E-state index contributed by atoms with van der Waals surface area (Å²) >= 11 is 5.96. The number of nitrogens with zero attached hydrogens (tertiary/aromatic N) is 3. The molecule has 0 saturated carbocycles. The highest BCUT2D eigenvalue weighted by atomic mass is 35.5. The molecular weight excluding hydrogens is 286 g/mol. The number of halogens is 1. The molecule has 108 valence electrons. The van der Waals surface area contributed by atoms with E-state index in [1.54, 1.807) is 16.8 Å². The lowest BCUT2D eigenvalue weighted by Crippen LogP contribution is -2.12. The molecule has 3 aromatic rings. The third-order valence-electron chi connectivity index (χ3n) is 3.46. The van der Waals surface area contributed by atoms with Gasteiger partial charge in [-0.2, -0.15) is 0 Å². The highest BCUT2D eigenvalue weighted by Gasteiger charge is 2.21. The Morgan fingerprint density at radius 1 is 1.14 bits per heavy atom. The van der Waals surface area contributed by atoms with Crippen molar-refractivity contribution < 1.29 is 5.11 Å². The fourth-order valence-corrected chi connectivity index (χ4v) is 2.55. The average molecular weight is 302 g/mol. The number of aromatic nitrogens is 3. The zero-order valence-electron chi connectivity index (χ0n) is 12.1. The third-order valence-corrected chi connectivity index (χ3v) is 3.69. The first-order valence-electron chi connectivity index (χ1n) is 6.72. The minimum absolute atomic E-state index is 0.153. The van der Waals surface area contributed by atoms with Crippen LogP contribution in [0.5, 0.6) is 5.75 Å². The zero-order valence-corrected chi connectivity index (χ0v) is 12.9. The summed E-state index contributed by atoms with van der Waals surface area (Å²) in [4.78, 5) is 0. The molecule has 0 fully saturated rings. The van der Waals surface area contributed by atoms with Crippen molar-refractivity contribution >= 4 is 22.6 Å². The van der Waals surface area contributed by atoms with Gasteiger partial charge in [0.25, 0.3) is 0 Å². The van der Waals surface area contributed by atoms with Crippen molar-refractivity contribution in [3.63, 3.8) is 0 Å². The highest BCUT2D eigenvalue weighted by molar-refractivity contribution is 6.31. The van der Waals surface area contributed by atoms with Gasteiger partial charge < -0.3 is 5.11 Å². The van der Waals surface area contributed by atoms with Crippen LogP contribution in [-0.4, -0.2) is 20.1 Å². The zero-order chi connectivity index (χ0) is 15.2. The normalized spacial score (nSPS) is 12.0. The van der Waals surface area contributed by atoms with E-state index in [4.69, 9.17) is 11.6 Å². The molecule has 0 saturated heterocycles. The summed E-state index contributed by atoms with van der Waals surface area (Å²) in [6, 6.07) is 11.1. The second kappa shape index (κ2) is 4.74. The highest BCUT2D eigenvalue weighted by Crippen LogP contribution is 2.35. The number of hydrogen-bond acceptors (Lipinski definition) is 3. The maximum Gasteiger partial charge on any atom is 0.145 e. The van der Waals surface area contributed by atoms with Crippen LogP contribution in [0.3, 0.4) is 0 Å². The smallest absolute Gasteiger partial charge is 0.145 e. The number of fused-ring (bicyclic) bond motifs is 1. The SMILES string of the molecule is CC(C)(C)c1cccc(-n2nnc3cc(Cl)ccc32)c1O. The van der Waals surface area contributed by atoms with Crippen LogP contribution in [0.25, 0.3) is 16.7 Å². The molecule has 0 aliphatic heterocycles.